The van der Waals surface area contributed by atoms with Crippen LogP contribution in [0.4, 0.5) is 0 Å². The molecule has 1 aliphatic carbocycles. The van der Waals surface area contributed by atoms with E-state index in [-0.39, 0.29) is 0 Å². The molecule has 0 fully saturated rings. The number of phenols is 2. The molecule has 114 valence electrons. The van der Waals surface area contributed by atoms with Crippen LogP contribution in [0.15, 0.2) is 42.5 Å². The first-order chi connectivity index (χ1) is 10.5. The van der Waals surface area contributed by atoms with Gasteiger partial charge in [0.1, 0.15) is 11.5 Å². The minimum atomic E-state index is 0.353. The zero-order chi connectivity index (χ0) is 15.7. The molecule has 0 amide bonds. The first-order valence-electron chi connectivity index (χ1n) is 7.83. The molecule has 2 nitrogen and oxygen atoms in total. The second-order valence-corrected chi connectivity index (χ2v) is 6.25. The van der Waals surface area contributed by atoms with Gasteiger partial charge >= 0.3 is 0 Å². The molecule has 0 spiro atoms. The molecule has 0 saturated heterocycles. The summed E-state index contributed by atoms with van der Waals surface area (Å²) in [7, 11) is 0. The third kappa shape index (κ3) is 2.87. The van der Waals surface area contributed by atoms with E-state index in [4.69, 9.17) is 0 Å². The van der Waals surface area contributed by atoms with Crippen molar-refractivity contribution in [1.29, 1.82) is 0 Å². The Morgan fingerprint density at radius 2 is 1.59 bits per heavy atom. The molecule has 1 unspecified atom stereocenters. The van der Waals surface area contributed by atoms with Crippen LogP contribution in [-0.2, 0) is 0 Å². The monoisotopic (exact) mass is 294 g/mol. The Morgan fingerprint density at radius 1 is 0.909 bits per heavy atom. The van der Waals surface area contributed by atoms with E-state index >= 15 is 0 Å². The van der Waals surface area contributed by atoms with E-state index in [9.17, 15) is 10.2 Å². The first kappa shape index (κ1) is 14.7. The van der Waals surface area contributed by atoms with Gasteiger partial charge in [-0.25, -0.2) is 0 Å². The molecule has 2 aromatic carbocycles. The van der Waals surface area contributed by atoms with Gasteiger partial charge in [-0.3, -0.25) is 0 Å². The number of phenolic OH excluding ortho intramolecular Hbond substituents is 2. The highest BCUT2D eigenvalue weighted by atomic mass is 16.3. The molecule has 1 aliphatic rings. The van der Waals surface area contributed by atoms with E-state index in [1.807, 2.05) is 26.0 Å². The van der Waals surface area contributed by atoms with Gasteiger partial charge in [-0.15, -0.1) is 0 Å². The predicted octanol–water partition coefficient (Wildman–Crippen LogP) is 5.07. The number of rotatable bonds is 2. The minimum absolute atomic E-state index is 0.353. The second-order valence-electron chi connectivity index (χ2n) is 6.25. The normalized spacial score (nSPS) is 18.1. The van der Waals surface area contributed by atoms with Gasteiger partial charge in [-0.1, -0.05) is 24.3 Å². The van der Waals surface area contributed by atoms with Crippen molar-refractivity contribution in [2.24, 2.45) is 0 Å². The molecule has 0 saturated carbocycles. The summed E-state index contributed by atoms with van der Waals surface area (Å²) >= 11 is 0. The SMILES string of the molecule is Cc1cc(C2=CCCC(c3ccc(O)c(C)c3)C2)ccc1O. The summed E-state index contributed by atoms with van der Waals surface area (Å²) < 4.78 is 0. The highest BCUT2D eigenvalue weighted by Gasteiger charge is 2.19. The Morgan fingerprint density at radius 3 is 2.27 bits per heavy atom. The van der Waals surface area contributed by atoms with Crippen molar-refractivity contribution in [3.8, 4) is 11.5 Å². The smallest absolute Gasteiger partial charge is 0.118 e. The fourth-order valence-electron chi connectivity index (χ4n) is 3.22. The molecule has 0 bridgehead atoms. The highest BCUT2D eigenvalue weighted by molar-refractivity contribution is 5.68. The zero-order valence-corrected chi connectivity index (χ0v) is 13.1. The third-order valence-corrected chi connectivity index (χ3v) is 4.63. The molecule has 3 rings (SSSR count). The summed E-state index contributed by atoms with van der Waals surface area (Å²) in [5.74, 6) is 1.21. The quantitative estimate of drug-likeness (QED) is 0.812. The molecule has 0 heterocycles. The lowest BCUT2D eigenvalue weighted by molar-refractivity contribution is 0.470. The van der Waals surface area contributed by atoms with Crippen molar-refractivity contribution in [1.82, 2.24) is 0 Å². The number of hydrogen-bond acceptors (Lipinski definition) is 2. The van der Waals surface area contributed by atoms with Gasteiger partial charge in [-0.05, 0) is 85.1 Å². The van der Waals surface area contributed by atoms with E-state index < -0.39 is 0 Å². The standard InChI is InChI=1S/C20H22O2/c1-13-10-17(6-8-19(13)21)15-4-3-5-16(12-15)18-7-9-20(22)14(2)11-18/h4,6-11,16,21-22H,3,5,12H2,1-2H3. The zero-order valence-electron chi connectivity index (χ0n) is 13.1. The van der Waals surface area contributed by atoms with Crippen LogP contribution in [0, 0.1) is 13.8 Å². The van der Waals surface area contributed by atoms with Crippen molar-refractivity contribution in [3.63, 3.8) is 0 Å². The Bertz CT molecular complexity index is 728. The molecule has 1 atom stereocenters. The van der Waals surface area contributed by atoms with E-state index in [2.05, 4.69) is 18.2 Å². The molecule has 22 heavy (non-hydrogen) atoms. The molecule has 0 aliphatic heterocycles. The van der Waals surface area contributed by atoms with Crippen LogP contribution in [0.3, 0.4) is 0 Å². The fraction of sp³-hybridized carbons (Fsp3) is 0.300. The maximum absolute atomic E-state index is 9.69. The van der Waals surface area contributed by atoms with Crippen molar-refractivity contribution < 1.29 is 10.2 Å². The average molecular weight is 294 g/mol. The number of benzene rings is 2. The Hall–Kier alpha value is -2.22. The van der Waals surface area contributed by atoms with Crippen LogP contribution in [0.1, 0.15) is 47.4 Å². The van der Waals surface area contributed by atoms with E-state index in [1.165, 1.54) is 16.7 Å². The summed E-state index contributed by atoms with van der Waals surface area (Å²) in [6.07, 6.45) is 5.54. The maximum Gasteiger partial charge on any atom is 0.118 e. The van der Waals surface area contributed by atoms with E-state index in [0.717, 1.165) is 30.4 Å². The fourth-order valence-corrected chi connectivity index (χ4v) is 3.22. The number of hydrogen-bond donors (Lipinski definition) is 2. The van der Waals surface area contributed by atoms with Crippen LogP contribution in [-0.4, -0.2) is 10.2 Å². The van der Waals surface area contributed by atoms with Crippen molar-refractivity contribution >= 4 is 5.57 Å². The van der Waals surface area contributed by atoms with Gasteiger partial charge in [0.15, 0.2) is 0 Å². The molecule has 0 radical (unpaired) electrons. The molecule has 2 N–H and O–H groups in total. The summed E-state index contributed by atoms with van der Waals surface area (Å²) in [5.41, 5.74) is 5.71. The Labute approximate surface area is 131 Å². The average Bonchev–Trinajstić information content (AvgIpc) is 2.53. The third-order valence-electron chi connectivity index (χ3n) is 4.63. The van der Waals surface area contributed by atoms with Crippen LogP contribution >= 0.6 is 0 Å². The van der Waals surface area contributed by atoms with Crippen LogP contribution in [0.2, 0.25) is 0 Å². The van der Waals surface area contributed by atoms with Crippen molar-refractivity contribution in [3.05, 3.63) is 64.7 Å². The van der Waals surface area contributed by atoms with Gasteiger partial charge in [0.05, 0.1) is 0 Å². The second kappa shape index (κ2) is 5.88. The van der Waals surface area contributed by atoms with Gasteiger partial charge < -0.3 is 10.2 Å². The van der Waals surface area contributed by atoms with Gasteiger partial charge in [0.25, 0.3) is 0 Å². The van der Waals surface area contributed by atoms with E-state index in [0.29, 0.717) is 17.4 Å². The molecule has 2 heteroatoms. The number of aromatic hydroxyl groups is 2. The van der Waals surface area contributed by atoms with Gasteiger partial charge in [0.2, 0.25) is 0 Å². The van der Waals surface area contributed by atoms with E-state index in [1.54, 1.807) is 12.1 Å². The molecular formula is C20H22O2. The van der Waals surface area contributed by atoms with Gasteiger partial charge in [-0.2, -0.15) is 0 Å². The topological polar surface area (TPSA) is 40.5 Å². The lowest BCUT2D eigenvalue weighted by atomic mass is 9.81. The lowest BCUT2D eigenvalue weighted by Gasteiger charge is -2.24. The lowest BCUT2D eigenvalue weighted by Crippen LogP contribution is -2.05. The Kier molecular flexibility index (Phi) is 3.93. The minimum Gasteiger partial charge on any atom is -0.508 e. The van der Waals surface area contributed by atoms with Gasteiger partial charge in [0, 0.05) is 0 Å². The summed E-state index contributed by atoms with van der Waals surface area (Å²) in [6.45, 7) is 3.88. The maximum atomic E-state index is 9.69. The summed E-state index contributed by atoms with van der Waals surface area (Å²) in [6, 6.07) is 11.8. The summed E-state index contributed by atoms with van der Waals surface area (Å²) in [4.78, 5) is 0. The van der Waals surface area contributed by atoms with Crippen molar-refractivity contribution in [2.45, 2.75) is 39.0 Å². The van der Waals surface area contributed by atoms with Crippen LogP contribution in [0.25, 0.3) is 5.57 Å². The van der Waals surface area contributed by atoms with Crippen molar-refractivity contribution in [2.75, 3.05) is 0 Å². The largest absolute Gasteiger partial charge is 0.508 e. The predicted molar refractivity (Wildman–Crippen MR) is 90.3 cm³/mol. The number of aryl methyl sites for hydroxylation is 2. The first-order valence-corrected chi connectivity index (χ1v) is 7.83. The number of allylic oxidation sites excluding steroid dienone is 2. The highest BCUT2D eigenvalue weighted by Crippen LogP contribution is 2.38. The Balaban J connectivity index is 1.85. The van der Waals surface area contributed by atoms with Crippen LogP contribution in [0.5, 0.6) is 11.5 Å². The summed E-state index contributed by atoms with van der Waals surface area (Å²) in [5, 5.41) is 19.4. The molecule has 0 aromatic heterocycles. The molecule has 2 aromatic rings. The molecular weight excluding hydrogens is 272 g/mol. The van der Waals surface area contributed by atoms with Crippen LogP contribution < -0.4 is 0 Å².